The Balaban J connectivity index is 1.32. The van der Waals surface area contributed by atoms with Crippen molar-refractivity contribution in [3.05, 3.63) is 64.3 Å². The van der Waals surface area contributed by atoms with Crippen molar-refractivity contribution in [1.29, 1.82) is 0 Å². The number of nitrogens with one attached hydrogen (secondary N) is 1. The van der Waals surface area contributed by atoms with Crippen LogP contribution in [0.3, 0.4) is 0 Å². The second kappa shape index (κ2) is 10.4. The van der Waals surface area contributed by atoms with E-state index in [2.05, 4.69) is 20.4 Å². The summed E-state index contributed by atoms with van der Waals surface area (Å²) in [4.78, 5) is 29.5. The number of ether oxygens (including phenoxy) is 1. The van der Waals surface area contributed by atoms with Crippen molar-refractivity contribution < 1.29 is 23.4 Å². The van der Waals surface area contributed by atoms with Gasteiger partial charge in [-0.3, -0.25) is 14.9 Å². The predicted molar refractivity (Wildman–Crippen MR) is 121 cm³/mol. The van der Waals surface area contributed by atoms with E-state index in [0.29, 0.717) is 36.1 Å². The molecule has 11 heteroatoms. The lowest BCUT2D eigenvalue weighted by atomic mass is 9.98. The molecular formula is C23H24FN5O5. The fourth-order valence-electron chi connectivity index (χ4n) is 3.98. The van der Waals surface area contributed by atoms with Crippen molar-refractivity contribution in [2.24, 2.45) is 0 Å². The number of piperidine rings is 1. The maximum Gasteiger partial charge on any atom is 0.273 e. The summed E-state index contributed by atoms with van der Waals surface area (Å²) in [5, 5.41) is 17.7. The first-order valence-electron chi connectivity index (χ1n) is 10.9. The molecule has 1 aliphatic rings. The van der Waals surface area contributed by atoms with E-state index >= 15 is 0 Å². The van der Waals surface area contributed by atoms with E-state index in [-0.39, 0.29) is 35.5 Å². The number of nitro groups is 1. The van der Waals surface area contributed by atoms with Gasteiger partial charge in [-0.25, -0.2) is 4.39 Å². The number of hydrogen-bond donors (Lipinski definition) is 1. The third-order valence-corrected chi connectivity index (χ3v) is 5.70. The first-order chi connectivity index (χ1) is 16.4. The van der Waals surface area contributed by atoms with Gasteiger partial charge >= 0.3 is 0 Å². The summed E-state index contributed by atoms with van der Waals surface area (Å²) >= 11 is 0. The van der Waals surface area contributed by atoms with Crippen LogP contribution in [0.5, 0.6) is 5.75 Å². The summed E-state index contributed by atoms with van der Waals surface area (Å²) in [6.45, 7) is 2.04. The number of non-ortho nitro benzene ring substituents is 1. The van der Waals surface area contributed by atoms with Gasteiger partial charge in [0, 0.05) is 31.1 Å². The number of benzene rings is 2. The number of carbonyl (C=O) groups excluding carboxylic acids is 1. The Morgan fingerprint density at radius 2 is 2.21 bits per heavy atom. The number of carbonyl (C=O) groups is 1. The van der Waals surface area contributed by atoms with Crippen molar-refractivity contribution in [3.63, 3.8) is 0 Å². The highest BCUT2D eigenvalue weighted by Crippen LogP contribution is 2.30. The summed E-state index contributed by atoms with van der Waals surface area (Å²) in [6.07, 6.45) is 2.04. The first kappa shape index (κ1) is 23.3. The SMILES string of the molecule is COc1cc([N+](=O)[O-])ccc1NC(=O)CCN1CCCC(c2nc(-c3cccc(F)c3)no2)C1. The van der Waals surface area contributed by atoms with Gasteiger partial charge in [-0.1, -0.05) is 17.3 Å². The number of aromatic nitrogens is 2. The number of anilines is 1. The van der Waals surface area contributed by atoms with Crippen LogP contribution in [0.15, 0.2) is 47.0 Å². The fraction of sp³-hybridized carbons (Fsp3) is 0.348. The molecule has 2 aromatic carbocycles. The zero-order valence-electron chi connectivity index (χ0n) is 18.6. The highest BCUT2D eigenvalue weighted by molar-refractivity contribution is 5.92. The molecule has 1 N–H and O–H groups in total. The molecule has 1 aliphatic heterocycles. The molecule has 34 heavy (non-hydrogen) atoms. The zero-order chi connectivity index (χ0) is 24.1. The maximum atomic E-state index is 13.5. The Kier molecular flexibility index (Phi) is 7.12. The molecule has 2 heterocycles. The van der Waals surface area contributed by atoms with E-state index in [1.54, 1.807) is 12.1 Å². The van der Waals surface area contributed by atoms with Crippen LogP contribution < -0.4 is 10.1 Å². The van der Waals surface area contributed by atoms with E-state index in [0.717, 1.165) is 19.4 Å². The van der Waals surface area contributed by atoms with E-state index in [1.165, 1.54) is 37.4 Å². The molecule has 3 aromatic rings. The molecule has 0 radical (unpaired) electrons. The van der Waals surface area contributed by atoms with E-state index in [4.69, 9.17) is 9.26 Å². The molecule has 1 aromatic heterocycles. The predicted octanol–water partition coefficient (Wildman–Crippen LogP) is 4.00. The molecule has 1 amide bonds. The van der Waals surface area contributed by atoms with Crippen LogP contribution in [-0.2, 0) is 4.79 Å². The lowest BCUT2D eigenvalue weighted by Gasteiger charge is -2.30. The fourth-order valence-corrected chi connectivity index (χ4v) is 3.98. The third kappa shape index (κ3) is 5.54. The Bertz CT molecular complexity index is 1180. The normalized spacial score (nSPS) is 16.2. The molecule has 10 nitrogen and oxygen atoms in total. The number of amides is 1. The smallest absolute Gasteiger partial charge is 0.273 e. The molecule has 178 valence electrons. The maximum absolute atomic E-state index is 13.5. The van der Waals surface area contributed by atoms with Crippen molar-refractivity contribution in [2.45, 2.75) is 25.2 Å². The minimum Gasteiger partial charge on any atom is -0.494 e. The minimum atomic E-state index is -0.522. The molecule has 0 spiro atoms. The number of hydrogen-bond acceptors (Lipinski definition) is 8. The monoisotopic (exact) mass is 469 g/mol. The number of halogens is 1. The van der Waals surface area contributed by atoms with Gasteiger partial charge in [0.2, 0.25) is 17.6 Å². The van der Waals surface area contributed by atoms with Gasteiger partial charge in [0.1, 0.15) is 11.6 Å². The van der Waals surface area contributed by atoms with E-state index in [9.17, 15) is 19.3 Å². The van der Waals surface area contributed by atoms with E-state index < -0.39 is 4.92 Å². The highest BCUT2D eigenvalue weighted by atomic mass is 19.1. The standard InChI is InChI=1S/C23H24FN5O5/c1-33-20-13-18(29(31)32)7-8-19(20)25-21(30)9-11-28-10-3-5-16(14-28)23-26-22(27-34-23)15-4-2-6-17(24)12-15/h2,4,6-8,12-13,16H,3,5,9-11,14H2,1H3,(H,25,30). The van der Waals surface area contributed by atoms with Crippen molar-refractivity contribution in [3.8, 4) is 17.1 Å². The minimum absolute atomic E-state index is 0.0291. The lowest BCUT2D eigenvalue weighted by molar-refractivity contribution is -0.384. The van der Waals surface area contributed by atoms with Crippen LogP contribution in [0.25, 0.3) is 11.4 Å². The van der Waals surface area contributed by atoms with Crippen molar-refractivity contribution in [2.75, 3.05) is 32.1 Å². The summed E-state index contributed by atoms with van der Waals surface area (Å²) in [5.74, 6) is 0.525. The van der Waals surface area contributed by atoms with Crippen LogP contribution >= 0.6 is 0 Å². The molecule has 0 saturated carbocycles. The molecule has 1 atom stereocenters. The summed E-state index contributed by atoms with van der Waals surface area (Å²) < 4.78 is 24.1. The zero-order valence-corrected chi connectivity index (χ0v) is 18.6. The summed E-state index contributed by atoms with van der Waals surface area (Å²) in [5.41, 5.74) is 0.821. The third-order valence-electron chi connectivity index (χ3n) is 5.70. The Labute approximate surface area is 194 Å². The van der Waals surface area contributed by atoms with Crippen LogP contribution in [0.1, 0.15) is 31.1 Å². The average molecular weight is 469 g/mol. The molecular weight excluding hydrogens is 445 g/mol. The molecule has 1 saturated heterocycles. The molecule has 4 rings (SSSR count). The second-order valence-corrected chi connectivity index (χ2v) is 8.05. The Hall–Kier alpha value is -3.86. The number of rotatable bonds is 8. The highest BCUT2D eigenvalue weighted by Gasteiger charge is 2.26. The lowest BCUT2D eigenvalue weighted by Crippen LogP contribution is -2.36. The quantitative estimate of drug-likeness (QED) is 0.388. The molecule has 1 unspecified atom stereocenters. The summed E-state index contributed by atoms with van der Waals surface area (Å²) in [6, 6.07) is 10.1. The van der Waals surface area contributed by atoms with Gasteiger partial charge in [0.25, 0.3) is 5.69 Å². The number of methoxy groups -OCH3 is 1. The average Bonchev–Trinajstić information content (AvgIpc) is 3.34. The number of likely N-dealkylation sites (tertiary alicyclic amines) is 1. The van der Waals surface area contributed by atoms with Crippen molar-refractivity contribution >= 4 is 17.3 Å². The second-order valence-electron chi connectivity index (χ2n) is 8.05. The van der Waals surface area contributed by atoms with Gasteiger partial charge < -0.3 is 19.5 Å². The van der Waals surface area contributed by atoms with Crippen LogP contribution in [0.4, 0.5) is 15.8 Å². The molecule has 0 bridgehead atoms. The van der Waals surface area contributed by atoms with Crippen LogP contribution in [0.2, 0.25) is 0 Å². The van der Waals surface area contributed by atoms with Crippen molar-refractivity contribution in [1.82, 2.24) is 15.0 Å². The largest absolute Gasteiger partial charge is 0.494 e. The van der Waals surface area contributed by atoms with Gasteiger partial charge in [-0.2, -0.15) is 4.98 Å². The van der Waals surface area contributed by atoms with Gasteiger partial charge in [0.15, 0.2) is 0 Å². The van der Waals surface area contributed by atoms with Gasteiger partial charge in [0.05, 0.1) is 29.7 Å². The molecule has 1 fully saturated rings. The van der Waals surface area contributed by atoms with Crippen LogP contribution in [0, 0.1) is 15.9 Å². The Morgan fingerprint density at radius 1 is 1.35 bits per heavy atom. The van der Waals surface area contributed by atoms with Gasteiger partial charge in [-0.05, 0) is 37.6 Å². The number of nitrogens with zero attached hydrogens (tertiary/aromatic N) is 4. The van der Waals surface area contributed by atoms with Gasteiger partial charge in [-0.15, -0.1) is 0 Å². The first-order valence-corrected chi connectivity index (χ1v) is 10.9. The van der Waals surface area contributed by atoms with E-state index in [1.807, 2.05) is 0 Å². The number of nitro benzene ring substituents is 1. The Morgan fingerprint density at radius 3 is 2.97 bits per heavy atom. The topological polar surface area (TPSA) is 124 Å². The van der Waals surface area contributed by atoms with Crippen LogP contribution in [-0.4, -0.2) is 52.6 Å². The summed E-state index contributed by atoms with van der Waals surface area (Å²) in [7, 11) is 1.39. The molecule has 0 aliphatic carbocycles.